The number of carbonyl (C=O) groups excluding carboxylic acids is 2. The van der Waals surface area contributed by atoms with Gasteiger partial charge in [-0.3, -0.25) is 9.59 Å². The molecule has 1 spiro atoms. The highest BCUT2D eigenvalue weighted by Crippen LogP contribution is 2.54. The Kier molecular flexibility index (Phi) is 4.07. The van der Waals surface area contributed by atoms with Crippen LogP contribution in [-0.2, 0) is 15.0 Å². The van der Waals surface area contributed by atoms with E-state index in [2.05, 4.69) is 5.32 Å². The van der Waals surface area contributed by atoms with Crippen LogP contribution in [0.25, 0.3) is 0 Å². The maximum absolute atomic E-state index is 13.9. The summed E-state index contributed by atoms with van der Waals surface area (Å²) in [5.74, 6) is 1.16. The predicted octanol–water partition coefficient (Wildman–Crippen LogP) is 2.95. The van der Waals surface area contributed by atoms with E-state index in [1.807, 2.05) is 30.3 Å². The second kappa shape index (κ2) is 7.00. The van der Waals surface area contributed by atoms with Gasteiger partial charge in [0.2, 0.25) is 18.6 Å². The summed E-state index contributed by atoms with van der Waals surface area (Å²) in [6, 6.07) is 19.6. The summed E-state index contributed by atoms with van der Waals surface area (Å²) in [7, 11) is 0. The minimum atomic E-state index is -1.05. The van der Waals surface area contributed by atoms with Gasteiger partial charge in [-0.25, -0.2) is 0 Å². The molecular formula is C25H17N3O5. The predicted molar refractivity (Wildman–Crippen MR) is 117 cm³/mol. The zero-order valence-corrected chi connectivity index (χ0v) is 17.3. The Labute approximate surface area is 188 Å². The fraction of sp³-hybridized carbons (Fsp3) is 0.160. The van der Waals surface area contributed by atoms with Gasteiger partial charge >= 0.3 is 0 Å². The Morgan fingerprint density at radius 2 is 1.76 bits per heavy atom. The number of rotatable bonds is 3. The number of amides is 2. The van der Waals surface area contributed by atoms with Gasteiger partial charge in [-0.05, 0) is 42.0 Å². The molecule has 33 heavy (non-hydrogen) atoms. The first-order valence-electron chi connectivity index (χ1n) is 10.4. The standard InChI is InChI=1S/C25H17N3O5/c26-11-15-5-7-16(8-6-15)27-23(29)12-28-19-4-2-1-3-17(19)25(24(28)30)13-31-20-10-22-21(9-18(20)25)32-14-33-22/h1-10H,12-14H2,(H,27,29). The minimum absolute atomic E-state index is 0.122. The average Bonchev–Trinajstić information content (AvgIpc) is 3.51. The van der Waals surface area contributed by atoms with Crippen molar-refractivity contribution in [2.24, 2.45) is 0 Å². The van der Waals surface area contributed by atoms with E-state index in [1.54, 1.807) is 36.4 Å². The molecule has 6 rings (SSSR count). The monoisotopic (exact) mass is 439 g/mol. The third-order valence-corrected chi connectivity index (χ3v) is 6.24. The molecule has 162 valence electrons. The molecule has 0 aromatic heterocycles. The van der Waals surface area contributed by atoms with Crippen molar-refractivity contribution in [3.05, 3.63) is 77.4 Å². The van der Waals surface area contributed by atoms with Crippen molar-refractivity contribution in [1.29, 1.82) is 5.26 Å². The largest absolute Gasteiger partial charge is 0.491 e. The summed E-state index contributed by atoms with van der Waals surface area (Å²) in [5.41, 5.74) is 2.17. The highest BCUT2D eigenvalue weighted by Gasteiger charge is 2.57. The van der Waals surface area contributed by atoms with Gasteiger partial charge in [0.05, 0.1) is 11.6 Å². The van der Waals surface area contributed by atoms with Crippen LogP contribution >= 0.6 is 0 Å². The second-order valence-corrected chi connectivity index (χ2v) is 8.04. The summed E-state index contributed by atoms with van der Waals surface area (Å²) in [6.45, 7) is 0.101. The van der Waals surface area contributed by atoms with E-state index in [1.165, 1.54) is 4.90 Å². The van der Waals surface area contributed by atoms with E-state index >= 15 is 0 Å². The molecule has 1 unspecified atom stereocenters. The van der Waals surface area contributed by atoms with E-state index < -0.39 is 5.41 Å². The first-order chi connectivity index (χ1) is 16.1. The van der Waals surface area contributed by atoms with Crippen molar-refractivity contribution >= 4 is 23.2 Å². The number of carbonyl (C=O) groups is 2. The highest BCUT2D eigenvalue weighted by atomic mass is 16.7. The topological polar surface area (TPSA) is 101 Å². The molecule has 8 nitrogen and oxygen atoms in total. The van der Waals surface area contributed by atoms with Crippen LogP contribution in [0.15, 0.2) is 60.7 Å². The van der Waals surface area contributed by atoms with E-state index in [0.717, 1.165) is 5.56 Å². The number of para-hydroxylation sites is 1. The van der Waals surface area contributed by atoms with Gasteiger partial charge in [-0.15, -0.1) is 0 Å². The lowest BCUT2D eigenvalue weighted by Crippen LogP contribution is -2.45. The summed E-state index contributed by atoms with van der Waals surface area (Å²) in [4.78, 5) is 28.2. The Bertz CT molecular complexity index is 1360. The van der Waals surface area contributed by atoms with Crippen LogP contribution in [0.5, 0.6) is 17.2 Å². The van der Waals surface area contributed by atoms with Crippen molar-refractivity contribution in [1.82, 2.24) is 0 Å². The SMILES string of the molecule is N#Cc1ccc(NC(=O)CN2C(=O)C3(COc4cc5c(cc43)OCO5)c3ccccc32)cc1. The van der Waals surface area contributed by atoms with Gasteiger partial charge in [0, 0.05) is 23.0 Å². The smallest absolute Gasteiger partial charge is 0.246 e. The van der Waals surface area contributed by atoms with E-state index in [9.17, 15) is 9.59 Å². The summed E-state index contributed by atoms with van der Waals surface area (Å²) in [5, 5.41) is 11.7. The van der Waals surface area contributed by atoms with Gasteiger partial charge in [0.1, 0.15) is 24.3 Å². The molecule has 3 aromatic carbocycles. The molecule has 8 heteroatoms. The summed E-state index contributed by atoms with van der Waals surface area (Å²) < 4.78 is 16.9. The molecule has 1 atom stereocenters. The zero-order chi connectivity index (χ0) is 22.6. The molecule has 1 N–H and O–H groups in total. The number of hydrogen-bond acceptors (Lipinski definition) is 6. The lowest BCUT2D eigenvalue weighted by molar-refractivity contribution is -0.124. The molecular weight excluding hydrogens is 422 g/mol. The summed E-state index contributed by atoms with van der Waals surface area (Å²) in [6.07, 6.45) is 0. The highest BCUT2D eigenvalue weighted by molar-refractivity contribution is 6.14. The molecule has 2 amide bonds. The molecule has 0 saturated heterocycles. The number of anilines is 2. The number of nitrogens with zero attached hydrogens (tertiary/aromatic N) is 2. The van der Waals surface area contributed by atoms with E-state index in [0.29, 0.717) is 39.8 Å². The number of nitriles is 1. The van der Waals surface area contributed by atoms with Gasteiger partial charge in [0.15, 0.2) is 11.5 Å². The molecule has 3 aliphatic rings. The van der Waals surface area contributed by atoms with Crippen molar-refractivity contribution in [3.63, 3.8) is 0 Å². The van der Waals surface area contributed by atoms with Gasteiger partial charge < -0.3 is 24.4 Å². The molecule has 0 fully saturated rings. The van der Waals surface area contributed by atoms with Crippen LogP contribution in [0.2, 0.25) is 0 Å². The molecule has 0 bridgehead atoms. The number of fused-ring (bicyclic) bond motifs is 5. The van der Waals surface area contributed by atoms with Gasteiger partial charge in [-0.2, -0.15) is 5.26 Å². The normalized spacial score (nSPS) is 19.1. The Morgan fingerprint density at radius 3 is 2.55 bits per heavy atom. The van der Waals surface area contributed by atoms with Crippen molar-refractivity contribution in [2.45, 2.75) is 5.41 Å². The van der Waals surface area contributed by atoms with Crippen LogP contribution in [0.3, 0.4) is 0 Å². The van der Waals surface area contributed by atoms with Gasteiger partial charge in [-0.1, -0.05) is 18.2 Å². The third kappa shape index (κ3) is 2.76. The third-order valence-electron chi connectivity index (χ3n) is 6.24. The minimum Gasteiger partial charge on any atom is -0.491 e. The molecule has 0 radical (unpaired) electrons. The van der Waals surface area contributed by atoms with Crippen LogP contribution in [-0.4, -0.2) is 31.8 Å². The average molecular weight is 439 g/mol. The lowest BCUT2D eigenvalue weighted by Gasteiger charge is -2.23. The summed E-state index contributed by atoms with van der Waals surface area (Å²) >= 11 is 0. The Hall–Kier alpha value is -4.51. The molecule has 0 aliphatic carbocycles. The molecule has 3 aromatic rings. The fourth-order valence-electron chi connectivity index (χ4n) is 4.69. The van der Waals surface area contributed by atoms with E-state index in [4.69, 9.17) is 19.5 Å². The molecule has 3 heterocycles. The Morgan fingerprint density at radius 1 is 1.00 bits per heavy atom. The van der Waals surface area contributed by atoms with Crippen LogP contribution in [0, 0.1) is 11.3 Å². The number of benzene rings is 3. The lowest BCUT2D eigenvalue weighted by atomic mass is 9.77. The van der Waals surface area contributed by atoms with E-state index in [-0.39, 0.29) is 31.8 Å². The van der Waals surface area contributed by atoms with Crippen molar-refractivity contribution in [2.75, 3.05) is 30.2 Å². The zero-order valence-electron chi connectivity index (χ0n) is 17.3. The maximum Gasteiger partial charge on any atom is 0.246 e. The Balaban J connectivity index is 1.34. The molecule has 3 aliphatic heterocycles. The number of ether oxygens (including phenoxy) is 3. The van der Waals surface area contributed by atoms with Crippen LogP contribution in [0.1, 0.15) is 16.7 Å². The second-order valence-electron chi connectivity index (χ2n) is 8.04. The van der Waals surface area contributed by atoms with Crippen molar-refractivity contribution < 1.29 is 23.8 Å². The van der Waals surface area contributed by atoms with Gasteiger partial charge in [0.25, 0.3) is 0 Å². The molecule has 0 saturated carbocycles. The first-order valence-corrected chi connectivity index (χ1v) is 10.4. The maximum atomic E-state index is 13.9. The number of hydrogen-bond donors (Lipinski definition) is 1. The number of nitrogens with one attached hydrogen (secondary N) is 1. The van der Waals surface area contributed by atoms with Crippen LogP contribution < -0.4 is 24.4 Å². The first kappa shape index (κ1) is 19.2. The quantitative estimate of drug-likeness (QED) is 0.674. The van der Waals surface area contributed by atoms with Crippen molar-refractivity contribution in [3.8, 4) is 23.3 Å². The van der Waals surface area contributed by atoms with Crippen LogP contribution in [0.4, 0.5) is 11.4 Å². The fourth-order valence-corrected chi connectivity index (χ4v) is 4.69.